The summed E-state index contributed by atoms with van der Waals surface area (Å²) in [6.45, 7) is 5.84. The van der Waals surface area contributed by atoms with Crippen LogP contribution in [0.1, 0.15) is 32.3 Å². The number of hydrogen-bond acceptors (Lipinski definition) is 3. The molecule has 4 nitrogen and oxygen atoms in total. The SMILES string of the molecule is CC1=C(c2ccccc2)S(=O)(=O)N=C1N1CCCC(C)C1. The van der Waals surface area contributed by atoms with Gasteiger partial charge in [-0.25, -0.2) is 0 Å². The fourth-order valence-electron chi connectivity index (χ4n) is 3.15. The highest BCUT2D eigenvalue weighted by Crippen LogP contribution is 2.34. The first-order valence-electron chi connectivity index (χ1n) is 7.35. The van der Waals surface area contributed by atoms with E-state index < -0.39 is 10.0 Å². The summed E-state index contributed by atoms with van der Waals surface area (Å²) in [6.07, 6.45) is 2.29. The van der Waals surface area contributed by atoms with Crippen molar-refractivity contribution in [2.75, 3.05) is 13.1 Å². The van der Waals surface area contributed by atoms with Gasteiger partial charge in [-0.3, -0.25) is 0 Å². The second-order valence-corrected chi connectivity index (χ2v) is 7.44. The van der Waals surface area contributed by atoms with Gasteiger partial charge in [-0.15, -0.1) is 4.40 Å². The Morgan fingerprint density at radius 3 is 2.62 bits per heavy atom. The average Bonchev–Trinajstić information content (AvgIpc) is 2.70. The molecule has 0 aliphatic carbocycles. The van der Waals surface area contributed by atoms with Crippen molar-refractivity contribution < 1.29 is 8.42 Å². The molecule has 0 aromatic heterocycles. The topological polar surface area (TPSA) is 49.7 Å². The lowest BCUT2D eigenvalue weighted by Crippen LogP contribution is -2.39. The van der Waals surface area contributed by atoms with Gasteiger partial charge < -0.3 is 4.90 Å². The summed E-state index contributed by atoms with van der Waals surface area (Å²) in [5.41, 5.74) is 1.49. The van der Waals surface area contributed by atoms with Crippen LogP contribution in [0.3, 0.4) is 0 Å². The Hall–Kier alpha value is -1.62. The summed E-state index contributed by atoms with van der Waals surface area (Å²) in [5, 5.41) is 0. The van der Waals surface area contributed by atoms with E-state index in [2.05, 4.69) is 16.2 Å². The molecule has 1 aromatic rings. The van der Waals surface area contributed by atoms with E-state index in [9.17, 15) is 8.42 Å². The molecular formula is C16H20N2O2S. The average molecular weight is 304 g/mol. The van der Waals surface area contributed by atoms with E-state index in [4.69, 9.17) is 0 Å². The summed E-state index contributed by atoms with van der Waals surface area (Å²) in [5.74, 6) is 1.22. The standard InChI is InChI=1S/C16H20N2O2S/c1-12-7-6-10-18(11-12)16-13(2)15(21(19,20)17-16)14-8-4-3-5-9-14/h3-5,8-9,12H,6-7,10-11H2,1-2H3. The maximum atomic E-state index is 12.4. The van der Waals surface area contributed by atoms with E-state index in [1.807, 2.05) is 37.3 Å². The minimum absolute atomic E-state index is 0.358. The zero-order valence-corrected chi connectivity index (χ0v) is 13.2. The van der Waals surface area contributed by atoms with Crippen LogP contribution < -0.4 is 0 Å². The third-order valence-corrected chi connectivity index (χ3v) is 5.60. The van der Waals surface area contributed by atoms with Crippen molar-refractivity contribution in [1.82, 2.24) is 4.90 Å². The van der Waals surface area contributed by atoms with Crippen molar-refractivity contribution in [1.29, 1.82) is 0 Å². The predicted octanol–water partition coefficient (Wildman–Crippen LogP) is 2.89. The maximum Gasteiger partial charge on any atom is 0.285 e. The van der Waals surface area contributed by atoms with E-state index in [-0.39, 0.29) is 0 Å². The van der Waals surface area contributed by atoms with E-state index in [1.54, 1.807) is 0 Å². The molecule has 3 rings (SSSR count). The first kappa shape index (κ1) is 14.3. The molecule has 0 spiro atoms. The molecule has 1 unspecified atom stereocenters. The summed E-state index contributed by atoms with van der Waals surface area (Å²) >= 11 is 0. The number of piperidine rings is 1. The van der Waals surface area contributed by atoms with Gasteiger partial charge in [0.05, 0.1) is 0 Å². The molecule has 2 heterocycles. The van der Waals surface area contributed by atoms with Gasteiger partial charge in [-0.1, -0.05) is 37.3 Å². The van der Waals surface area contributed by atoms with Crippen molar-refractivity contribution in [3.63, 3.8) is 0 Å². The monoisotopic (exact) mass is 304 g/mol. The van der Waals surface area contributed by atoms with Crippen molar-refractivity contribution >= 4 is 20.8 Å². The van der Waals surface area contributed by atoms with Gasteiger partial charge >= 0.3 is 0 Å². The van der Waals surface area contributed by atoms with E-state index in [0.717, 1.165) is 30.6 Å². The van der Waals surface area contributed by atoms with Crippen LogP contribution in [-0.4, -0.2) is 32.2 Å². The second kappa shape index (κ2) is 5.30. The third kappa shape index (κ3) is 2.62. The molecule has 0 saturated carbocycles. The van der Waals surface area contributed by atoms with Crippen LogP contribution in [-0.2, 0) is 10.0 Å². The van der Waals surface area contributed by atoms with Crippen LogP contribution in [0.15, 0.2) is 40.3 Å². The normalized spacial score (nSPS) is 25.1. The first-order chi connectivity index (χ1) is 9.99. The Bertz CT molecular complexity index is 705. The van der Waals surface area contributed by atoms with Crippen LogP contribution in [0.5, 0.6) is 0 Å². The summed E-state index contributed by atoms with van der Waals surface area (Å²) < 4.78 is 28.9. The smallest absolute Gasteiger partial charge is 0.285 e. The lowest BCUT2D eigenvalue weighted by Gasteiger charge is -2.32. The Balaban J connectivity index is 2.02. The van der Waals surface area contributed by atoms with Gasteiger partial charge in [-0.2, -0.15) is 8.42 Å². The Kier molecular flexibility index (Phi) is 3.61. The molecule has 0 N–H and O–H groups in total. The molecule has 0 amide bonds. The van der Waals surface area contributed by atoms with Gasteiger partial charge in [0.15, 0.2) is 0 Å². The van der Waals surface area contributed by atoms with Gasteiger partial charge in [0.25, 0.3) is 10.0 Å². The number of benzene rings is 1. The lowest BCUT2D eigenvalue weighted by atomic mass is 9.99. The van der Waals surface area contributed by atoms with Gasteiger partial charge in [0.2, 0.25) is 0 Å². The van der Waals surface area contributed by atoms with Gasteiger partial charge in [0.1, 0.15) is 10.7 Å². The molecule has 2 aliphatic rings. The van der Waals surface area contributed by atoms with Crippen LogP contribution in [0.25, 0.3) is 4.91 Å². The van der Waals surface area contributed by atoms with Crippen molar-refractivity contribution in [2.45, 2.75) is 26.7 Å². The molecular weight excluding hydrogens is 284 g/mol. The molecule has 1 atom stereocenters. The van der Waals surface area contributed by atoms with E-state index >= 15 is 0 Å². The molecule has 1 saturated heterocycles. The second-order valence-electron chi connectivity index (χ2n) is 5.90. The van der Waals surface area contributed by atoms with Crippen LogP contribution in [0, 0.1) is 5.92 Å². The summed E-state index contributed by atoms with van der Waals surface area (Å²) in [6, 6.07) is 9.24. The van der Waals surface area contributed by atoms with Crippen LogP contribution in [0.2, 0.25) is 0 Å². The lowest BCUT2D eigenvalue weighted by molar-refractivity contribution is 0.274. The molecule has 21 heavy (non-hydrogen) atoms. The molecule has 0 bridgehead atoms. The summed E-state index contributed by atoms with van der Waals surface area (Å²) in [4.78, 5) is 2.48. The predicted molar refractivity (Wildman–Crippen MR) is 85.4 cm³/mol. The summed E-state index contributed by atoms with van der Waals surface area (Å²) in [7, 11) is -3.58. The highest BCUT2D eigenvalue weighted by molar-refractivity contribution is 8.00. The highest BCUT2D eigenvalue weighted by Gasteiger charge is 2.34. The van der Waals surface area contributed by atoms with E-state index in [0.29, 0.717) is 16.7 Å². The zero-order chi connectivity index (χ0) is 15.0. The number of nitrogens with zero attached hydrogens (tertiary/aromatic N) is 2. The third-order valence-electron chi connectivity index (χ3n) is 4.13. The Morgan fingerprint density at radius 2 is 1.95 bits per heavy atom. The number of rotatable bonds is 1. The number of hydrogen-bond donors (Lipinski definition) is 0. The van der Waals surface area contributed by atoms with Gasteiger partial charge in [-0.05, 0) is 31.2 Å². The van der Waals surface area contributed by atoms with Crippen molar-refractivity contribution in [3.05, 3.63) is 41.5 Å². The largest absolute Gasteiger partial charge is 0.355 e. The number of likely N-dealkylation sites (tertiary alicyclic amines) is 1. The van der Waals surface area contributed by atoms with Crippen LogP contribution in [0.4, 0.5) is 0 Å². The molecule has 1 aromatic carbocycles. The van der Waals surface area contributed by atoms with E-state index in [1.165, 1.54) is 6.42 Å². The van der Waals surface area contributed by atoms with Gasteiger partial charge in [0, 0.05) is 18.7 Å². The highest BCUT2D eigenvalue weighted by atomic mass is 32.2. The molecule has 5 heteroatoms. The Labute approximate surface area is 126 Å². The Morgan fingerprint density at radius 1 is 1.24 bits per heavy atom. The first-order valence-corrected chi connectivity index (χ1v) is 8.79. The minimum Gasteiger partial charge on any atom is -0.355 e. The van der Waals surface area contributed by atoms with Crippen molar-refractivity contribution in [2.24, 2.45) is 10.3 Å². The number of sulfonamides is 1. The quantitative estimate of drug-likeness (QED) is 0.801. The van der Waals surface area contributed by atoms with Crippen molar-refractivity contribution in [3.8, 4) is 0 Å². The fourth-order valence-corrected chi connectivity index (χ4v) is 4.64. The zero-order valence-electron chi connectivity index (χ0n) is 12.4. The van der Waals surface area contributed by atoms with Crippen LogP contribution >= 0.6 is 0 Å². The molecule has 2 aliphatic heterocycles. The maximum absolute atomic E-state index is 12.4. The fraction of sp³-hybridized carbons (Fsp3) is 0.438. The minimum atomic E-state index is -3.58. The molecule has 0 radical (unpaired) electrons. The molecule has 112 valence electrons. The molecule has 1 fully saturated rings. The number of amidine groups is 1.